The minimum absolute atomic E-state index is 0.0590. The van der Waals surface area contributed by atoms with Crippen LogP contribution in [0.15, 0.2) is 72.8 Å². The molecule has 134 valence electrons. The standard InChI is InChI=1S/C22H17FN2O2/c23-18-10-3-1-8-16(18)20-17-9-2-4-11-19(17)25(21(20)22(26)27)13-14-6-5-7-15(24)12-14/h1-12H,13,24H2,(H,26,27). The van der Waals surface area contributed by atoms with E-state index >= 15 is 0 Å². The van der Waals surface area contributed by atoms with Crippen LogP contribution in [0.3, 0.4) is 0 Å². The highest BCUT2D eigenvalue weighted by Crippen LogP contribution is 2.36. The van der Waals surface area contributed by atoms with Crippen molar-refractivity contribution in [3.8, 4) is 11.1 Å². The number of nitrogens with zero attached hydrogens (tertiary/aromatic N) is 1. The maximum Gasteiger partial charge on any atom is 0.353 e. The summed E-state index contributed by atoms with van der Waals surface area (Å²) in [4.78, 5) is 12.2. The lowest BCUT2D eigenvalue weighted by molar-refractivity contribution is 0.0687. The van der Waals surface area contributed by atoms with Crippen LogP contribution in [0.25, 0.3) is 22.0 Å². The number of hydrogen-bond donors (Lipinski definition) is 2. The summed E-state index contributed by atoms with van der Waals surface area (Å²) in [7, 11) is 0. The molecule has 0 bridgehead atoms. The zero-order chi connectivity index (χ0) is 19.0. The molecule has 0 spiro atoms. The number of halogens is 1. The highest BCUT2D eigenvalue weighted by Gasteiger charge is 2.25. The average molecular weight is 360 g/mol. The van der Waals surface area contributed by atoms with Crippen LogP contribution in [0.1, 0.15) is 16.1 Å². The molecule has 0 unspecified atom stereocenters. The largest absolute Gasteiger partial charge is 0.477 e. The van der Waals surface area contributed by atoms with Crippen LogP contribution in [-0.2, 0) is 6.54 Å². The molecule has 0 aliphatic carbocycles. The van der Waals surface area contributed by atoms with Crippen molar-refractivity contribution >= 4 is 22.6 Å². The zero-order valence-corrected chi connectivity index (χ0v) is 14.4. The van der Waals surface area contributed by atoms with Gasteiger partial charge in [-0.15, -0.1) is 0 Å². The fraction of sp³-hybridized carbons (Fsp3) is 0.0455. The summed E-state index contributed by atoms with van der Waals surface area (Å²) in [5.74, 6) is -1.56. The quantitative estimate of drug-likeness (QED) is 0.515. The molecule has 4 aromatic rings. The first-order valence-electron chi connectivity index (χ1n) is 8.50. The molecule has 1 heterocycles. The molecule has 0 atom stereocenters. The molecule has 5 heteroatoms. The van der Waals surface area contributed by atoms with Gasteiger partial charge in [-0.25, -0.2) is 9.18 Å². The first kappa shape index (κ1) is 16.8. The number of fused-ring (bicyclic) bond motifs is 1. The SMILES string of the molecule is Nc1cccc(Cn2c(C(=O)O)c(-c3ccccc3F)c3ccccc32)c1. The maximum absolute atomic E-state index is 14.5. The number of nitrogen functional groups attached to an aromatic ring is 1. The van der Waals surface area contributed by atoms with Gasteiger partial charge in [-0.05, 0) is 29.8 Å². The van der Waals surface area contributed by atoms with Crippen molar-refractivity contribution in [1.82, 2.24) is 4.57 Å². The smallest absolute Gasteiger partial charge is 0.353 e. The third-order valence-electron chi connectivity index (χ3n) is 4.61. The van der Waals surface area contributed by atoms with Crippen molar-refractivity contribution in [2.24, 2.45) is 0 Å². The number of carboxylic acid groups (broad SMARTS) is 1. The van der Waals surface area contributed by atoms with Crippen molar-refractivity contribution in [1.29, 1.82) is 0 Å². The minimum Gasteiger partial charge on any atom is -0.477 e. The fourth-order valence-corrected chi connectivity index (χ4v) is 3.50. The number of benzene rings is 3. The van der Waals surface area contributed by atoms with Gasteiger partial charge in [0.05, 0.1) is 0 Å². The van der Waals surface area contributed by atoms with Crippen molar-refractivity contribution in [2.45, 2.75) is 6.54 Å². The summed E-state index contributed by atoms with van der Waals surface area (Å²) in [5.41, 5.74) is 8.80. The van der Waals surface area contributed by atoms with Crippen LogP contribution in [0, 0.1) is 5.82 Å². The van der Waals surface area contributed by atoms with E-state index in [1.807, 2.05) is 42.5 Å². The predicted octanol–water partition coefficient (Wildman–Crippen LogP) is 4.78. The number of carboxylic acids is 1. The first-order valence-corrected chi connectivity index (χ1v) is 8.50. The van der Waals surface area contributed by atoms with Gasteiger partial charge >= 0.3 is 5.97 Å². The second kappa shape index (κ2) is 6.61. The summed E-state index contributed by atoms with van der Waals surface area (Å²) < 4.78 is 16.2. The van der Waals surface area contributed by atoms with Crippen LogP contribution in [-0.4, -0.2) is 15.6 Å². The summed E-state index contributed by atoms with van der Waals surface area (Å²) in [6, 6.07) is 20.9. The predicted molar refractivity (Wildman–Crippen MR) is 104 cm³/mol. The van der Waals surface area contributed by atoms with E-state index in [4.69, 9.17) is 5.73 Å². The number of nitrogens with two attached hydrogens (primary N) is 1. The van der Waals surface area contributed by atoms with E-state index in [1.54, 1.807) is 28.8 Å². The summed E-state index contributed by atoms with van der Waals surface area (Å²) in [6.07, 6.45) is 0. The van der Waals surface area contributed by atoms with E-state index in [-0.39, 0.29) is 11.3 Å². The zero-order valence-electron chi connectivity index (χ0n) is 14.4. The number of anilines is 1. The van der Waals surface area contributed by atoms with Gasteiger partial charge in [0.25, 0.3) is 0 Å². The number of para-hydroxylation sites is 1. The van der Waals surface area contributed by atoms with Gasteiger partial charge in [0.15, 0.2) is 0 Å². The Labute approximate surface area is 155 Å². The lowest BCUT2D eigenvalue weighted by Gasteiger charge is -2.10. The molecule has 0 fully saturated rings. The molecule has 0 amide bonds. The van der Waals surface area contributed by atoms with Gasteiger partial charge in [0, 0.05) is 34.3 Å². The topological polar surface area (TPSA) is 68.2 Å². The van der Waals surface area contributed by atoms with Crippen molar-refractivity contribution < 1.29 is 14.3 Å². The molecule has 0 aliphatic heterocycles. The average Bonchev–Trinajstić information content (AvgIpc) is 2.97. The van der Waals surface area contributed by atoms with Crippen LogP contribution in [0.4, 0.5) is 10.1 Å². The molecular formula is C22H17FN2O2. The molecule has 0 saturated heterocycles. The van der Waals surface area contributed by atoms with E-state index in [9.17, 15) is 14.3 Å². The van der Waals surface area contributed by atoms with E-state index in [0.717, 1.165) is 11.1 Å². The Morgan fingerprint density at radius 1 is 1.00 bits per heavy atom. The Morgan fingerprint density at radius 2 is 1.74 bits per heavy atom. The van der Waals surface area contributed by atoms with Gasteiger partial charge in [0.2, 0.25) is 0 Å². The number of aromatic nitrogens is 1. The fourth-order valence-electron chi connectivity index (χ4n) is 3.50. The molecule has 0 radical (unpaired) electrons. The molecule has 0 aliphatic rings. The van der Waals surface area contributed by atoms with E-state index in [1.165, 1.54) is 6.07 Å². The number of aromatic carboxylic acids is 1. The minimum atomic E-state index is -1.10. The number of rotatable bonds is 4. The van der Waals surface area contributed by atoms with Crippen LogP contribution in [0.2, 0.25) is 0 Å². The molecule has 0 saturated carbocycles. The van der Waals surface area contributed by atoms with E-state index < -0.39 is 11.8 Å². The van der Waals surface area contributed by atoms with E-state index in [2.05, 4.69) is 0 Å². The molecule has 4 nitrogen and oxygen atoms in total. The van der Waals surface area contributed by atoms with Crippen LogP contribution < -0.4 is 5.73 Å². The Hall–Kier alpha value is -3.60. The first-order chi connectivity index (χ1) is 13.1. The molecule has 4 rings (SSSR count). The number of carbonyl (C=O) groups is 1. The van der Waals surface area contributed by atoms with Crippen LogP contribution >= 0.6 is 0 Å². The van der Waals surface area contributed by atoms with Crippen molar-refractivity contribution in [2.75, 3.05) is 5.73 Å². The Bertz CT molecular complexity index is 1160. The summed E-state index contributed by atoms with van der Waals surface area (Å²) >= 11 is 0. The highest BCUT2D eigenvalue weighted by atomic mass is 19.1. The Morgan fingerprint density at radius 3 is 2.48 bits per heavy atom. The highest BCUT2D eigenvalue weighted by molar-refractivity contribution is 6.08. The molecule has 27 heavy (non-hydrogen) atoms. The van der Waals surface area contributed by atoms with Gasteiger partial charge in [-0.2, -0.15) is 0 Å². The number of hydrogen-bond acceptors (Lipinski definition) is 2. The Kier molecular flexibility index (Phi) is 4.12. The second-order valence-corrected chi connectivity index (χ2v) is 6.36. The van der Waals surface area contributed by atoms with Crippen molar-refractivity contribution in [3.05, 3.63) is 89.9 Å². The van der Waals surface area contributed by atoms with E-state index in [0.29, 0.717) is 23.2 Å². The van der Waals surface area contributed by atoms with Crippen molar-refractivity contribution in [3.63, 3.8) is 0 Å². The molecule has 3 N–H and O–H groups in total. The lowest BCUT2D eigenvalue weighted by atomic mass is 10.0. The van der Waals surface area contributed by atoms with Gasteiger partial charge in [-0.1, -0.05) is 48.5 Å². The summed E-state index contributed by atoms with van der Waals surface area (Å²) in [5, 5.41) is 10.7. The third-order valence-corrected chi connectivity index (χ3v) is 4.61. The molecule has 1 aromatic heterocycles. The molecule has 3 aromatic carbocycles. The second-order valence-electron chi connectivity index (χ2n) is 6.36. The lowest BCUT2D eigenvalue weighted by Crippen LogP contribution is -2.11. The van der Waals surface area contributed by atoms with Gasteiger partial charge in [0.1, 0.15) is 11.5 Å². The van der Waals surface area contributed by atoms with Gasteiger partial charge in [-0.3, -0.25) is 0 Å². The normalized spacial score (nSPS) is 11.0. The summed E-state index contributed by atoms with van der Waals surface area (Å²) in [6.45, 7) is 0.321. The monoisotopic (exact) mass is 360 g/mol. The Balaban J connectivity index is 2.03. The molecular weight excluding hydrogens is 343 g/mol. The van der Waals surface area contributed by atoms with Crippen LogP contribution in [0.5, 0.6) is 0 Å². The third kappa shape index (κ3) is 2.93. The van der Waals surface area contributed by atoms with Gasteiger partial charge < -0.3 is 15.4 Å². The maximum atomic E-state index is 14.5.